The van der Waals surface area contributed by atoms with E-state index in [4.69, 9.17) is 5.11 Å². The van der Waals surface area contributed by atoms with Crippen molar-refractivity contribution in [3.05, 3.63) is 71.8 Å². The molecule has 0 spiro atoms. The van der Waals surface area contributed by atoms with E-state index in [-0.39, 0.29) is 0 Å². The normalized spacial score (nSPS) is 10.5. The van der Waals surface area contributed by atoms with Gasteiger partial charge in [-0.2, -0.15) is 0 Å². The van der Waals surface area contributed by atoms with Crippen LogP contribution in [0.3, 0.4) is 0 Å². The topological polar surface area (TPSA) is 49.3 Å². The predicted molar refractivity (Wildman–Crippen MR) is 85.4 cm³/mol. The summed E-state index contributed by atoms with van der Waals surface area (Å²) >= 11 is 0. The predicted octanol–water partition coefficient (Wildman–Crippen LogP) is 4.59. The zero-order valence-corrected chi connectivity index (χ0v) is 11.6. The van der Waals surface area contributed by atoms with Crippen molar-refractivity contribution in [1.29, 1.82) is 0 Å². The van der Waals surface area contributed by atoms with E-state index in [9.17, 15) is 4.79 Å². The number of aryl methyl sites for hydroxylation is 1. The molecule has 3 aromatic carbocycles. The van der Waals surface area contributed by atoms with Gasteiger partial charge in [-0.15, -0.1) is 0 Å². The number of carboxylic acid groups (broad SMARTS) is 1. The largest absolute Gasteiger partial charge is 0.478 e. The summed E-state index contributed by atoms with van der Waals surface area (Å²) in [7, 11) is 0. The number of rotatable bonds is 3. The SMILES string of the molecule is Cc1cc(C(=O)O)ccc1Nc1cccc2ccccc12. The molecule has 0 unspecified atom stereocenters. The quantitative estimate of drug-likeness (QED) is 0.736. The molecular weight excluding hydrogens is 262 g/mol. The lowest BCUT2D eigenvalue weighted by Crippen LogP contribution is -1.99. The first-order valence-electron chi connectivity index (χ1n) is 6.74. The number of fused-ring (bicyclic) bond motifs is 1. The van der Waals surface area contributed by atoms with Gasteiger partial charge in [-0.1, -0.05) is 36.4 Å². The van der Waals surface area contributed by atoms with Crippen LogP contribution in [-0.4, -0.2) is 11.1 Å². The second kappa shape index (κ2) is 5.29. The van der Waals surface area contributed by atoms with Gasteiger partial charge in [0.2, 0.25) is 0 Å². The number of benzene rings is 3. The number of carboxylic acids is 1. The second-order valence-corrected chi connectivity index (χ2v) is 4.99. The highest BCUT2D eigenvalue weighted by atomic mass is 16.4. The summed E-state index contributed by atoms with van der Waals surface area (Å²) in [5.41, 5.74) is 3.13. The number of anilines is 2. The Labute approximate surface area is 122 Å². The molecule has 0 amide bonds. The Morgan fingerprint density at radius 1 is 0.952 bits per heavy atom. The maximum absolute atomic E-state index is 11.0. The Morgan fingerprint density at radius 3 is 2.48 bits per heavy atom. The van der Waals surface area contributed by atoms with E-state index in [1.807, 2.05) is 31.2 Å². The highest BCUT2D eigenvalue weighted by Gasteiger charge is 2.07. The lowest BCUT2D eigenvalue weighted by atomic mass is 10.1. The minimum Gasteiger partial charge on any atom is -0.478 e. The van der Waals surface area contributed by atoms with Gasteiger partial charge in [-0.05, 0) is 42.1 Å². The van der Waals surface area contributed by atoms with Crippen molar-refractivity contribution >= 4 is 28.1 Å². The van der Waals surface area contributed by atoms with E-state index in [2.05, 4.69) is 23.5 Å². The van der Waals surface area contributed by atoms with Gasteiger partial charge in [-0.25, -0.2) is 4.79 Å². The van der Waals surface area contributed by atoms with Crippen molar-refractivity contribution in [3.63, 3.8) is 0 Å². The van der Waals surface area contributed by atoms with Crippen molar-refractivity contribution in [1.82, 2.24) is 0 Å². The van der Waals surface area contributed by atoms with E-state index in [0.717, 1.165) is 22.3 Å². The number of hydrogen-bond acceptors (Lipinski definition) is 2. The number of aromatic carboxylic acids is 1. The monoisotopic (exact) mass is 277 g/mol. The Morgan fingerprint density at radius 2 is 1.71 bits per heavy atom. The van der Waals surface area contributed by atoms with Crippen LogP contribution in [0.15, 0.2) is 60.7 Å². The standard InChI is InChI=1S/C18H15NO2/c1-12-11-14(18(20)21)9-10-16(12)19-17-8-4-6-13-5-2-3-7-15(13)17/h2-11,19H,1H3,(H,20,21). The molecule has 0 atom stereocenters. The van der Waals surface area contributed by atoms with Gasteiger partial charge >= 0.3 is 5.97 Å². The molecule has 0 saturated carbocycles. The molecule has 0 heterocycles. The van der Waals surface area contributed by atoms with Gasteiger partial charge < -0.3 is 10.4 Å². The molecule has 0 bridgehead atoms. The van der Waals surface area contributed by atoms with Crippen molar-refractivity contribution in [3.8, 4) is 0 Å². The summed E-state index contributed by atoms with van der Waals surface area (Å²) in [6, 6.07) is 19.4. The van der Waals surface area contributed by atoms with E-state index in [1.165, 1.54) is 5.39 Å². The lowest BCUT2D eigenvalue weighted by Gasteiger charge is -2.12. The van der Waals surface area contributed by atoms with Crippen LogP contribution < -0.4 is 5.32 Å². The minimum atomic E-state index is -0.908. The van der Waals surface area contributed by atoms with Crippen LogP contribution in [0.2, 0.25) is 0 Å². The highest BCUT2D eigenvalue weighted by Crippen LogP contribution is 2.28. The van der Waals surface area contributed by atoms with E-state index in [0.29, 0.717) is 5.56 Å². The molecule has 0 aliphatic carbocycles. The Kier molecular flexibility index (Phi) is 3.32. The summed E-state index contributed by atoms with van der Waals surface area (Å²) in [5.74, 6) is -0.908. The molecule has 3 aromatic rings. The molecule has 0 aliphatic heterocycles. The summed E-state index contributed by atoms with van der Waals surface area (Å²) in [5, 5.41) is 14.7. The van der Waals surface area contributed by atoms with Crippen LogP contribution in [-0.2, 0) is 0 Å². The summed E-state index contributed by atoms with van der Waals surface area (Å²) in [4.78, 5) is 11.0. The third-order valence-corrected chi connectivity index (χ3v) is 3.53. The van der Waals surface area contributed by atoms with Crippen LogP contribution >= 0.6 is 0 Å². The third kappa shape index (κ3) is 2.58. The van der Waals surface area contributed by atoms with Crippen LogP contribution in [0.5, 0.6) is 0 Å². The highest BCUT2D eigenvalue weighted by molar-refractivity contribution is 5.96. The Bertz CT molecular complexity index is 819. The molecule has 3 heteroatoms. The van der Waals surface area contributed by atoms with Gasteiger partial charge in [0.15, 0.2) is 0 Å². The molecule has 104 valence electrons. The number of nitrogens with one attached hydrogen (secondary N) is 1. The average Bonchev–Trinajstić information content (AvgIpc) is 2.49. The maximum atomic E-state index is 11.0. The van der Waals surface area contributed by atoms with Gasteiger partial charge in [0.05, 0.1) is 5.56 Å². The van der Waals surface area contributed by atoms with E-state index < -0.39 is 5.97 Å². The zero-order valence-electron chi connectivity index (χ0n) is 11.6. The van der Waals surface area contributed by atoms with Crippen LogP contribution in [0.4, 0.5) is 11.4 Å². The molecule has 21 heavy (non-hydrogen) atoms. The van der Waals surface area contributed by atoms with Crippen molar-refractivity contribution in [2.45, 2.75) is 6.92 Å². The molecule has 0 fully saturated rings. The maximum Gasteiger partial charge on any atom is 0.335 e. The molecule has 0 aliphatic rings. The molecule has 0 aromatic heterocycles. The third-order valence-electron chi connectivity index (χ3n) is 3.53. The van der Waals surface area contributed by atoms with E-state index in [1.54, 1.807) is 18.2 Å². The van der Waals surface area contributed by atoms with Crippen molar-refractivity contribution in [2.75, 3.05) is 5.32 Å². The van der Waals surface area contributed by atoms with Gasteiger partial charge in [-0.3, -0.25) is 0 Å². The zero-order chi connectivity index (χ0) is 14.8. The molecule has 2 N–H and O–H groups in total. The summed E-state index contributed by atoms with van der Waals surface area (Å²) in [6.45, 7) is 1.90. The van der Waals surface area contributed by atoms with Crippen LogP contribution in [0, 0.1) is 6.92 Å². The van der Waals surface area contributed by atoms with Gasteiger partial charge in [0.25, 0.3) is 0 Å². The number of carbonyl (C=O) groups is 1. The Balaban J connectivity index is 2.01. The van der Waals surface area contributed by atoms with Crippen LogP contribution in [0.25, 0.3) is 10.8 Å². The average molecular weight is 277 g/mol. The first-order chi connectivity index (χ1) is 10.1. The molecule has 0 saturated heterocycles. The minimum absolute atomic E-state index is 0.302. The molecule has 3 rings (SSSR count). The molecular formula is C18H15NO2. The van der Waals surface area contributed by atoms with E-state index >= 15 is 0 Å². The summed E-state index contributed by atoms with van der Waals surface area (Å²) < 4.78 is 0. The lowest BCUT2D eigenvalue weighted by molar-refractivity contribution is 0.0697. The van der Waals surface area contributed by atoms with Crippen molar-refractivity contribution in [2.24, 2.45) is 0 Å². The first kappa shape index (κ1) is 13.2. The Hall–Kier alpha value is -2.81. The van der Waals surface area contributed by atoms with Crippen LogP contribution in [0.1, 0.15) is 15.9 Å². The number of hydrogen-bond donors (Lipinski definition) is 2. The fourth-order valence-corrected chi connectivity index (χ4v) is 2.42. The fourth-order valence-electron chi connectivity index (χ4n) is 2.42. The second-order valence-electron chi connectivity index (χ2n) is 4.99. The summed E-state index contributed by atoms with van der Waals surface area (Å²) in [6.07, 6.45) is 0. The first-order valence-corrected chi connectivity index (χ1v) is 6.74. The van der Waals surface area contributed by atoms with Gasteiger partial charge in [0.1, 0.15) is 0 Å². The van der Waals surface area contributed by atoms with Gasteiger partial charge in [0, 0.05) is 16.8 Å². The fraction of sp³-hybridized carbons (Fsp3) is 0.0556. The molecule has 3 nitrogen and oxygen atoms in total. The molecule has 0 radical (unpaired) electrons. The van der Waals surface area contributed by atoms with Crippen molar-refractivity contribution < 1.29 is 9.90 Å². The smallest absolute Gasteiger partial charge is 0.335 e.